The summed E-state index contributed by atoms with van der Waals surface area (Å²) in [7, 11) is 0. The highest BCUT2D eigenvalue weighted by molar-refractivity contribution is 5.82. The largest absolute Gasteiger partial charge is 0.480 e. The minimum atomic E-state index is -1.36. The van der Waals surface area contributed by atoms with E-state index in [1.807, 2.05) is 48.5 Å². The lowest BCUT2D eigenvalue weighted by atomic mass is 9.98. The van der Waals surface area contributed by atoms with Crippen molar-refractivity contribution in [1.29, 1.82) is 0 Å². The van der Waals surface area contributed by atoms with Crippen LogP contribution < -0.4 is 5.32 Å². The number of hydrogen-bond donors (Lipinski definition) is 3. The van der Waals surface area contributed by atoms with Crippen LogP contribution in [0, 0.1) is 0 Å². The van der Waals surface area contributed by atoms with Gasteiger partial charge in [-0.3, -0.25) is 0 Å². The maximum absolute atomic E-state index is 12.1. The van der Waals surface area contributed by atoms with Crippen molar-refractivity contribution in [3.63, 3.8) is 0 Å². The fourth-order valence-electron chi connectivity index (χ4n) is 3.60. The van der Waals surface area contributed by atoms with E-state index in [2.05, 4.69) is 5.32 Å². The third-order valence-electron chi connectivity index (χ3n) is 5.15. The predicted octanol–water partition coefficient (Wildman–Crippen LogP) is 2.50. The van der Waals surface area contributed by atoms with Gasteiger partial charge in [-0.25, -0.2) is 9.59 Å². The monoisotopic (exact) mass is 353 g/mol. The highest BCUT2D eigenvalue weighted by Gasteiger charge is 2.52. The van der Waals surface area contributed by atoms with Gasteiger partial charge in [0.1, 0.15) is 6.61 Å². The van der Waals surface area contributed by atoms with Crippen LogP contribution in [0.2, 0.25) is 0 Å². The quantitative estimate of drug-likeness (QED) is 0.768. The van der Waals surface area contributed by atoms with Gasteiger partial charge >= 0.3 is 12.1 Å². The summed E-state index contributed by atoms with van der Waals surface area (Å²) in [6.07, 6.45) is -0.124. The topological polar surface area (TPSA) is 95.9 Å². The van der Waals surface area contributed by atoms with Crippen molar-refractivity contribution in [2.45, 2.75) is 30.4 Å². The fraction of sp³-hybridized carbons (Fsp3) is 0.300. The van der Waals surface area contributed by atoms with E-state index in [-0.39, 0.29) is 12.5 Å². The zero-order valence-corrected chi connectivity index (χ0v) is 14.0. The van der Waals surface area contributed by atoms with Crippen molar-refractivity contribution in [2.24, 2.45) is 0 Å². The molecule has 0 unspecified atom stereocenters. The number of fused-ring (bicyclic) bond motifs is 3. The van der Waals surface area contributed by atoms with Crippen molar-refractivity contribution in [1.82, 2.24) is 5.32 Å². The first-order valence-corrected chi connectivity index (χ1v) is 8.56. The first-order chi connectivity index (χ1) is 12.5. The number of aliphatic carboxylic acids is 1. The standard InChI is InChI=1S/C20H19NO5/c22-18(23)17(20(25)9-10-20)21-19(24)26-11-16-14-7-3-1-5-12(14)13-6-2-4-8-15(13)16/h1-8,16-17,25H,9-11H2,(H,21,24)(H,22,23)/t17-/m1/s1. The molecule has 1 saturated carbocycles. The zero-order chi connectivity index (χ0) is 18.3. The molecule has 26 heavy (non-hydrogen) atoms. The average molecular weight is 353 g/mol. The number of hydrogen-bond acceptors (Lipinski definition) is 4. The zero-order valence-electron chi connectivity index (χ0n) is 14.0. The number of aliphatic hydroxyl groups is 1. The Kier molecular flexibility index (Phi) is 3.92. The molecule has 0 aliphatic heterocycles. The van der Waals surface area contributed by atoms with Crippen molar-refractivity contribution < 1.29 is 24.5 Å². The lowest BCUT2D eigenvalue weighted by Crippen LogP contribution is -2.50. The minimum Gasteiger partial charge on any atom is -0.480 e. The smallest absolute Gasteiger partial charge is 0.407 e. The van der Waals surface area contributed by atoms with Crippen LogP contribution in [0.5, 0.6) is 0 Å². The van der Waals surface area contributed by atoms with Gasteiger partial charge in [0.15, 0.2) is 6.04 Å². The first kappa shape index (κ1) is 16.6. The van der Waals surface area contributed by atoms with Crippen LogP contribution in [0.4, 0.5) is 4.79 Å². The lowest BCUT2D eigenvalue weighted by molar-refractivity contribution is -0.143. The van der Waals surface area contributed by atoms with E-state index < -0.39 is 23.7 Å². The first-order valence-electron chi connectivity index (χ1n) is 8.56. The van der Waals surface area contributed by atoms with Gasteiger partial charge in [0.2, 0.25) is 0 Å². The molecule has 134 valence electrons. The number of carboxylic acids is 1. The summed E-state index contributed by atoms with van der Waals surface area (Å²) in [6.45, 7) is 0.102. The van der Waals surface area contributed by atoms with Gasteiger partial charge in [-0.05, 0) is 35.1 Å². The Morgan fingerprint density at radius 1 is 1.08 bits per heavy atom. The highest BCUT2D eigenvalue weighted by atomic mass is 16.5. The minimum absolute atomic E-state index is 0.0968. The SMILES string of the molecule is O=C(N[C@H](C(=O)O)C1(O)CC1)OCC1c2ccccc2-c2ccccc21. The molecule has 1 amide bonds. The number of alkyl carbamates (subject to hydrolysis) is 1. The molecule has 6 heteroatoms. The van der Waals surface area contributed by atoms with Gasteiger partial charge in [-0.15, -0.1) is 0 Å². The second-order valence-electron chi connectivity index (χ2n) is 6.84. The fourth-order valence-corrected chi connectivity index (χ4v) is 3.60. The summed E-state index contributed by atoms with van der Waals surface area (Å²) >= 11 is 0. The van der Waals surface area contributed by atoms with E-state index in [1.54, 1.807) is 0 Å². The molecular weight excluding hydrogens is 334 g/mol. The summed E-state index contributed by atoms with van der Waals surface area (Å²) < 4.78 is 5.32. The molecule has 1 atom stereocenters. The molecule has 2 aromatic rings. The summed E-state index contributed by atoms with van der Waals surface area (Å²) in [5.41, 5.74) is 3.03. The Morgan fingerprint density at radius 2 is 1.62 bits per heavy atom. The molecule has 0 radical (unpaired) electrons. The number of rotatable bonds is 5. The van der Waals surface area contributed by atoms with Crippen molar-refractivity contribution >= 4 is 12.1 Å². The molecule has 4 rings (SSSR count). The van der Waals surface area contributed by atoms with E-state index in [9.17, 15) is 19.8 Å². The van der Waals surface area contributed by atoms with Gasteiger partial charge in [-0.1, -0.05) is 48.5 Å². The molecule has 3 N–H and O–H groups in total. The second kappa shape index (κ2) is 6.14. The third-order valence-corrected chi connectivity index (χ3v) is 5.15. The highest BCUT2D eigenvalue weighted by Crippen LogP contribution is 2.44. The van der Waals surface area contributed by atoms with E-state index in [1.165, 1.54) is 0 Å². The normalized spacial score (nSPS) is 17.7. The lowest BCUT2D eigenvalue weighted by Gasteiger charge is -2.20. The molecule has 2 aromatic carbocycles. The van der Waals surface area contributed by atoms with Gasteiger partial charge in [0.25, 0.3) is 0 Å². The van der Waals surface area contributed by atoms with Gasteiger partial charge in [-0.2, -0.15) is 0 Å². The second-order valence-corrected chi connectivity index (χ2v) is 6.84. The Morgan fingerprint density at radius 3 is 2.12 bits per heavy atom. The molecule has 0 heterocycles. The average Bonchev–Trinajstić information content (AvgIpc) is 3.30. The Labute approximate surface area is 150 Å². The molecule has 0 saturated heterocycles. The van der Waals surface area contributed by atoms with Crippen molar-refractivity contribution in [3.05, 3.63) is 59.7 Å². The summed E-state index contributed by atoms with van der Waals surface area (Å²) in [4.78, 5) is 23.4. The molecule has 1 fully saturated rings. The van der Waals surface area contributed by atoms with Crippen LogP contribution in [0.3, 0.4) is 0 Å². The van der Waals surface area contributed by atoms with E-state index in [0.29, 0.717) is 12.8 Å². The van der Waals surface area contributed by atoms with Gasteiger partial charge in [0, 0.05) is 5.92 Å². The summed E-state index contributed by atoms with van der Waals surface area (Å²) in [5, 5.41) is 21.5. The Balaban J connectivity index is 1.48. The molecule has 0 spiro atoms. The number of carboxylic acid groups (broad SMARTS) is 1. The molecular formula is C20H19NO5. The van der Waals surface area contributed by atoms with Crippen LogP contribution in [0.25, 0.3) is 11.1 Å². The van der Waals surface area contributed by atoms with Crippen molar-refractivity contribution in [3.8, 4) is 11.1 Å². The Bertz CT molecular complexity index is 829. The van der Waals surface area contributed by atoms with E-state index >= 15 is 0 Å². The predicted molar refractivity (Wildman–Crippen MR) is 93.8 cm³/mol. The summed E-state index contributed by atoms with van der Waals surface area (Å²) in [5.74, 6) is -1.36. The van der Waals surface area contributed by atoms with Crippen LogP contribution in [-0.4, -0.2) is 40.5 Å². The summed E-state index contributed by atoms with van der Waals surface area (Å²) in [6, 6.07) is 14.6. The van der Waals surface area contributed by atoms with Crippen LogP contribution in [0.1, 0.15) is 29.9 Å². The van der Waals surface area contributed by atoms with E-state index in [4.69, 9.17) is 4.74 Å². The van der Waals surface area contributed by atoms with Crippen LogP contribution >= 0.6 is 0 Å². The van der Waals surface area contributed by atoms with Crippen LogP contribution in [0.15, 0.2) is 48.5 Å². The van der Waals surface area contributed by atoms with Gasteiger partial charge < -0.3 is 20.3 Å². The molecule has 0 bridgehead atoms. The number of nitrogens with one attached hydrogen (secondary N) is 1. The van der Waals surface area contributed by atoms with Crippen molar-refractivity contribution in [2.75, 3.05) is 6.61 Å². The maximum Gasteiger partial charge on any atom is 0.407 e. The van der Waals surface area contributed by atoms with Gasteiger partial charge in [0.05, 0.1) is 5.60 Å². The maximum atomic E-state index is 12.1. The molecule has 6 nitrogen and oxygen atoms in total. The molecule has 2 aliphatic carbocycles. The molecule has 0 aromatic heterocycles. The number of ether oxygens (including phenoxy) is 1. The number of carbonyl (C=O) groups excluding carboxylic acids is 1. The van der Waals surface area contributed by atoms with Crippen LogP contribution in [-0.2, 0) is 9.53 Å². The Hall–Kier alpha value is -2.86. The third kappa shape index (κ3) is 2.82. The van der Waals surface area contributed by atoms with E-state index in [0.717, 1.165) is 22.3 Å². The number of amides is 1. The molecule has 2 aliphatic rings. The number of carbonyl (C=O) groups is 2. The number of benzene rings is 2.